The van der Waals surface area contributed by atoms with Gasteiger partial charge in [-0.25, -0.2) is 9.78 Å². The van der Waals surface area contributed by atoms with E-state index in [4.69, 9.17) is 4.98 Å². The van der Waals surface area contributed by atoms with Crippen molar-refractivity contribution in [1.29, 1.82) is 0 Å². The number of aromatic nitrogens is 3. The molecule has 178 valence electrons. The molecule has 9 heteroatoms. The van der Waals surface area contributed by atoms with Gasteiger partial charge in [0.2, 0.25) is 0 Å². The molecule has 2 aromatic rings. The Labute approximate surface area is 194 Å². The van der Waals surface area contributed by atoms with Gasteiger partial charge >= 0.3 is 5.97 Å². The van der Waals surface area contributed by atoms with Crippen molar-refractivity contribution in [3.05, 3.63) is 41.3 Å². The van der Waals surface area contributed by atoms with Crippen molar-refractivity contribution in [3.63, 3.8) is 0 Å². The fourth-order valence-corrected chi connectivity index (χ4v) is 4.43. The van der Waals surface area contributed by atoms with Crippen LogP contribution in [0.3, 0.4) is 0 Å². The average Bonchev–Trinajstić information content (AvgIpc) is 3.57. The highest BCUT2D eigenvalue weighted by Gasteiger charge is 2.30. The Balaban J connectivity index is 1.23. The van der Waals surface area contributed by atoms with Gasteiger partial charge in [-0.1, -0.05) is 6.07 Å². The second-order valence-electron chi connectivity index (χ2n) is 9.06. The molecule has 9 nitrogen and oxygen atoms in total. The molecule has 33 heavy (non-hydrogen) atoms. The molecule has 1 fully saturated rings. The Morgan fingerprint density at radius 2 is 2.12 bits per heavy atom. The quantitative estimate of drug-likeness (QED) is 0.422. The van der Waals surface area contributed by atoms with Crippen LogP contribution >= 0.6 is 0 Å². The van der Waals surface area contributed by atoms with Gasteiger partial charge in [0.15, 0.2) is 0 Å². The summed E-state index contributed by atoms with van der Waals surface area (Å²) < 4.78 is 1.44. The number of rotatable bonds is 12. The fraction of sp³-hybridized carbons (Fsp3) is 0.583. The highest BCUT2D eigenvalue weighted by atomic mass is 16.4. The van der Waals surface area contributed by atoms with Crippen LogP contribution in [0.4, 0.5) is 5.82 Å². The van der Waals surface area contributed by atoms with Gasteiger partial charge in [-0.05, 0) is 75.6 Å². The van der Waals surface area contributed by atoms with E-state index in [1.165, 1.54) is 22.9 Å². The fourth-order valence-electron chi connectivity index (χ4n) is 4.43. The second kappa shape index (κ2) is 10.8. The van der Waals surface area contributed by atoms with E-state index < -0.39 is 17.9 Å². The maximum absolute atomic E-state index is 12.4. The molecule has 1 aliphatic carbocycles. The number of unbranched alkanes of at least 4 members (excludes halogenated alkanes) is 1. The highest BCUT2D eigenvalue weighted by molar-refractivity contribution is 5.95. The van der Waals surface area contributed by atoms with Gasteiger partial charge in [-0.2, -0.15) is 5.10 Å². The van der Waals surface area contributed by atoms with E-state index >= 15 is 0 Å². The monoisotopic (exact) mass is 454 g/mol. The standard InChI is InChI=1S/C24H34N6O3/c1-29-21(11-14-26-29)23(31)28-20(24(32)33)12-16-30(19-9-10-19)15-3-2-6-18-8-7-17-5-4-13-25-22(17)27-18/h7-8,11,14,19-20H,2-6,9-10,12-13,15-16H2,1H3,(H,25,27)(H,28,31)(H,32,33)/t20-/m0/s1. The van der Waals surface area contributed by atoms with Crippen molar-refractivity contribution in [2.24, 2.45) is 7.05 Å². The van der Waals surface area contributed by atoms with E-state index in [-0.39, 0.29) is 0 Å². The molecule has 4 rings (SSSR count). The Kier molecular flexibility index (Phi) is 7.59. The molecule has 3 heterocycles. The second-order valence-corrected chi connectivity index (χ2v) is 9.06. The minimum atomic E-state index is -1.01. The van der Waals surface area contributed by atoms with Crippen molar-refractivity contribution in [2.45, 2.75) is 63.5 Å². The molecule has 0 unspecified atom stereocenters. The zero-order valence-electron chi connectivity index (χ0n) is 19.3. The van der Waals surface area contributed by atoms with Crippen LogP contribution in [0, 0.1) is 0 Å². The average molecular weight is 455 g/mol. The third-order valence-electron chi connectivity index (χ3n) is 6.51. The summed E-state index contributed by atoms with van der Waals surface area (Å²) in [6.07, 6.45) is 9.55. The predicted molar refractivity (Wildman–Crippen MR) is 125 cm³/mol. The number of fused-ring (bicyclic) bond motifs is 1. The minimum absolute atomic E-state index is 0.353. The maximum atomic E-state index is 12.4. The third kappa shape index (κ3) is 6.31. The molecule has 0 aromatic carbocycles. The lowest BCUT2D eigenvalue weighted by Crippen LogP contribution is -2.44. The number of carboxylic acid groups (broad SMARTS) is 1. The van der Waals surface area contributed by atoms with Crippen molar-refractivity contribution < 1.29 is 14.7 Å². The summed E-state index contributed by atoms with van der Waals surface area (Å²) in [6.45, 7) is 2.60. The van der Waals surface area contributed by atoms with Crippen LogP contribution in [0.2, 0.25) is 0 Å². The minimum Gasteiger partial charge on any atom is -0.480 e. The van der Waals surface area contributed by atoms with E-state index in [9.17, 15) is 14.7 Å². The van der Waals surface area contributed by atoms with E-state index in [1.807, 2.05) is 0 Å². The van der Waals surface area contributed by atoms with Gasteiger partial charge in [0.1, 0.15) is 17.6 Å². The van der Waals surface area contributed by atoms with Crippen molar-refractivity contribution in [2.75, 3.05) is 25.0 Å². The van der Waals surface area contributed by atoms with E-state index in [0.29, 0.717) is 24.7 Å². The number of nitrogens with one attached hydrogen (secondary N) is 2. The molecule has 0 spiro atoms. The topological polar surface area (TPSA) is 112 Å². The third-order valence-corrected chi connectivity index (χ3v) is 6.51. The number of nitrogens with zero attached hydrogens (tertiary/aromatic N) is 4. The first-order valence-electron chi connectivity index (χ1n) is 12.0. The van der Waals surface area contributed by atoms with Crippen molar-refractivity contribution in [1.82, 2.24) is 25.0 Å². The van der Waals surface area contributed by atoms with E-state index in [0.717, 1.165) is 63.1 Å². The van der Waals surface area contributed by atoms with Crippen LogP contribution in [-0.4, -0.2) is 68.4 Å². The predicted octanol–water partition coefficient (Wildman–Crippen LogP) is 2.23. The van der Waals surface area contributed by atoms with E-state index in [1.54, 1.807) is 13.1 Å². The molecule has 1 atom stereocenters. The molecule has 2 aromatic heterocycles. The number of aryl methyl sites for hydroxylation is 3. The van der Waals surface area contributed by atoms with Gasteiger partial charge in [0.05, 0.1) is 0 Å². The number of amides is 1. The summed E-state index contributed by atoms with van der Waals surface area (Å²) in [4.78, 5) is 31.3. The number of carboxylic acids is 1. The number of pyridine rings is 1. The van der Waals surface area contributed by atoms with Gasteiger partial charge in [0, 0.05) is 38.1 Å². The number of carbonyl (C=O) groups excluding carboxylic acids is 1. The Morgan fingerprint density at radius 3 is 2.85 bits per heavy atom. The summed E-state index contributed by atoms with van der Waals surface area (Å²) in [5.74, 6) is -0.369. The summed E-state index contributed by atoms with van der Waals surface area (Å²) >= 11 is 0. The highest BCUT2D eigenvalue weighted by Crippen LogP contribution is 2.27. The summed E-state index contributed by atoms with van der Waals surface area (Å²) in [6, 6.07) is 5.55. The first-order valence-corrected chi connectivity index (χ1v) is 12.0. The Bertz CT molecular complexity index is 971. The van der Waals surface area contributed by atoms with Crippen LogP contribution in [0.5, 0.6) is 0 Å². The van der Waals surface area contributed by atoms with Crippen LogP contribution in [-0.2, 0) is 24.7 Å². The van der Waals surface area contributed by atoms with Crippen LogP contribution in [0.15, 0.2) is 24.4 Å². The zero-order valence-corrected chi connectivity index (χ0v) is 19.3. The molecule has 1 saturated carbocycles. The molecule has 0 radical (unpaired) electrons. The van der Waals surface area contributed by atoms with E-state index in [2.05, 4.69) is 32.8 Å². The van der Waals surface area contributed by atoms with Crippen LogP contribution in [0.25, 0.3) is 0 Å². The molecule has 1 amide bonds. The van der Waals surface area contributed by atoms with Gasteiger partial charge in [0.25, 0.3) is 5.91 Å². The lowest BCUT2D eigenvalue weighted by atomic mass is 10.1. The van der Waals surface area contributed by atoms with Crippen molar-refractivity contribution in [3.8, 4) is 0 Å². The summed E-state index contributed by atoms with van der Waals surface area (Å²) in [5.41, 5.74) is 2.80. The Morgan fingerprint density at radius 1 is 1.27 bits per heavy atom. The SMILES string of the molecule is Cn1nccc1C(=O)N[C@@H](CCN(CCCCc1ccc2c(n1)NCCC2)C1CC1)C(=O)O. The van der Waals surface area contributed by atoms with Gasteiger partial charge < -0.3 is 20.6 Å². The molecular formula is C24H34N6O3. The number of hydrogen-bond donors (Lipinski definition) is 3. The first-order chi connectivity index (χ1) is 16.0. The van der Waals surface area contributed by atoms with Crippen LogP contribution < -0.4 is 10.6 Å². The molecule has 1 aliphatic heterocycles. The number of aliphatic carboxylic acids is 1. The molecule has 0 saturated heterocycles. The molecular weight excluding hydrogens is 420 g/mol. The Hall–Kier alpha value is -2.94. The normalized spacial score (nSPS) is 16.2. The lowest BCUT2D eigenvalue weighted by molar-refractivity contribution is -0.139. The first kappa shape index (κ1) is 23.2. The van der Waals surface area contributed by atoms with Gasteiger partial charge in [-0.3, -0.25) is 9.48 Å². The summed E-state index contributed by atoms with van der Waals surface area (Å²) in [7, 11) is 1.66. The maximum Gasteiger partial charge on any atom is 0.326 e. The number of anilines is 1. The van der Waals surface area contributed by atoms with Gasteiger partial charge in [-0.15, -0.1) is 0 Å². The molecule has 0 bridgehead atoms. The summed E-state index contributed by atoms with van der Waals surface area (Å²) in [5, 5.41) is 19.6. The smallest absolute Gasteiger partial charge is 0.326 e. The lowest BCUT2D eigenvalue weighted by Gasteiger charge is -2.24. The largest absolute Gasteiger partial charge is 0.480 e. The number of hydrogen-bond acceptors (Lipinski definition) is 6. The van der Waals surface area contributed by atoms with Crippen molar-refractivity contribution >= 4 is 17.7 Å². The molecule has 3 N–H and O–H groups in total. The zero-order chi connectivity index (χ0) is 23.2. The molecule has 2 aliphatic rings. The van der Waals surface area contributed by atoms with Crippen LogP contribution in [0.1, 0.15) is 60.3 Å². The number of carbonyl (C=O) groups is 2.